The number of para-hydroxylation sites is 1. The van der Waals surface area contributed by atoms with Gasteiger partial charge in [-0.3, -0.25) is 14.9 Å². The Hall–Kier alpha value is -3.35. The minimum Gasteiger partial charge on any atom is -0.454 e. The Kier molecular flexibility index (Phi) is 3.71. The molecule has 0 fully saturated rings. The number of anilines is 1. The van der Waals surface area contributed by atoms with Gasteiger partial charge in [0, 0.05) is 47.0 Å². The van der Waals surface area contributed by atoms with Crippen LogP contribution < -0.4 is 14.8 Å². The topological polar surface area (TPSA) is 90.7 Å². The number of benzene rings is 2. The molecule has 2 aromatic carbocycles. The van der Waals surface area contributed by atoms with Gasteiger partial charge >= 0.3 is 0 Å². The Labute approximate surface area is 167 Å². The zero-order valence-corrected chi connectivity index (χ0v) is 16.2. The molecule has 1 atom stereocenters. The van der Waals surface area contributed by atoms with Crippen molar-refractivity contribution >= 4 is 17.2 Å². The molecule has 1 aliphatic carbocycles. The number of hydrogen-bond acceptors (Lipinski definition) is 6. The van der Waals surface area contributed by atoms with Crippen LogP contribution in [0.2, 0.25) is 0 Å². The lowest BCUT2D eigenvalue weighted by Gasteiger charge is -2.39. The Morgan fingerprint density at radius 1 is 1.10 bits per heavy atom. The molecule has 3 aliphatic rings. The highest BCUT2D eigenvalue weighted by Crippen LogP contribution is 2.52. The fourth-order valence-electron chi connectivity index (χ4n) is 4.62. The van der Waals surface area contributed by atoms with Crippen molar-refractivity contribution in [3.63, 3.8) is 0 Å². The number of ketones is 1. The Morgan fingerprint density at radius 3 is 2.59 bits per heavy atom. The molecule has 0 radical (unpaired) electrons. The van der Waals surface area contributed by atoms with E-state index in [0.717, 1.165) is 16.9 Å². The first-order chi connectivity index (χ1) is 13.8. The van der Waals surface area contributed by atoms with E-state index >= 15 is 0 Å². The van der Waals surface area contributed by atoms with Gasteiger partial charge in [-0.25, -0.2) is 0 Å². The largest absolute Gasteiger partial charge is 0.454 e. The molecular weight excluding hydrogens is 372 g/mol. The lowest BCUT2D eigenvalue weighted by Crippen LogP contribution is -2.34. The first kappa shape index (κ1) is 17.7. The molecule has 1 N–H and O–H groups in total. The Bertz CT molecular complexity index is 1100. The lowest BCUT2D eigenvalue weighted by molar-refractivity contribution is -0.385. The molecule has 148 valence electrons. The monoisotopic (exact) mass is 392 g/mol. The summed E-state index contributed by atoms with van der Waals surface area (Å²) < 4.78 is 11.0. The minimum atomic E-state index is -0.527. The third kappa shape index (κ3) is 2.76. The third-order valence-electron chi connectivity index (χ3n) is 5.79. The summed E-state index contributed by atoms with van der Waals surface area (Å²) in [4.78, 5) is 24.6. The highest BCUT2D eigenvalue weighted by atomic mass is 16.7. The van der Waals surface area contributed by atoms with Crippen LogP contribution in [0, 0.1) is 15.5 Å². The predicted molar refractivity (Wildman–Crippen MR) is 106 cm³/mol. The molecule has 2 aromatic rings. The molecule has 0 amide bonds. The first-order valence-electron chi connectivity index (χ1n) is 9.54. The van der Waals surface area contributed by atoms with E-state index in [0.29, 0.717) is 35.5 Å². The van der Waals surface area contributed by atoms with E-state index in [1.165, 1.54) is 6.07 Å². The second-order valence-electron chi connectivity index (χ2n) is 8.50. The highest BCUT2D eigenvalue weighted by molar-refractivity contribution is 6.02. The maximum absolute atomic E-state index is 13.2. The third-order valence-corrected chi connectivity index (χ3v) is 5.79. The van der Waals surface area contributed by atoms with Crippen molar-refractivity contribution in [1.29, 1.82) is 0 Å². The smallest absolute Gasteiger partial charge is 0.273 e. The molecule has 7 heteroatoms. The molecule has 0 saturated carbocycles. The van der Waals surface area contributed by atoms with Crippen LogP contribution in [0.25, 0.3) is 0 Å². The molecule has 0 bridgehead atoms. The fourth-order valence-corrected chi connectivity index (χ4v) is 4.62. The number of nitro groups is 1. The van der Waals surface area contributed by atoms with Crippen molar-refractivity contribution in [2.75, 3.05) is 12.1 Å². The Morgan fingerprint density at radius 2 is 1.83 bits per heavy atom. The van der Waals surface area contributed by atoms with Gasteiger partial charge in [0.25, 0.3) is 5.69 Å². The van der Waals surface area contributed by atoms with Gasteiger partial charge in [-0.2, -0.15) is 0 Å². The minimum absolute atomic E-state index is 0.00694. The molecule has 0 unspecified atom stereocenters. The predicted octanol–water partition coefficient (Wildman–Crippen LogP) is 4.52. The summed E-state index contributed by atoms with van der Waals surface area (Å²) in [6.07, 6.45) is 1.10. The van der Waals surface area contributed by atoms with Gasteiger partial charge in [-0.15, -0.1) is 0 Å². The summed E-state index contributed by atoms with van der Waals surface area (Å²) >= 11 is 0. The number of allylic oxidation sites excluding steroid dienone is 2. The summed E-state index contributed by atoms with van der Waals surface area (Å²) in [6.45, 7) is 4.25. The van der Waals surface area contributed by atoms with E-state index < -0.39 is 5.92 Å². The number of carbonyl (C=O) groups is 1. The quantitative estimate of drug-likeness (QED) is 0.597. The number of hydrogen-bond donors (Lipinski definition) is 1. The van der Waals surface area contributed by atoms with E-state index in [4.69, 9.17) is 9.47 Å². The number of nitrogens with zero attached hydrogens (tertiary/aromatic N) is 1. The first-order valence-corrected chi connectivity index (χ1v) is 9.54. The zero-order chi connectivity index (χ0) is 20.3. The van der Waals surface area contributed by atoms with E-state index in [1.807, 2.05) is 12.1 Å². The van der Waals surface area contributed by atoms with Crippen molar-refractivity contribution in [1.82, 2.24) is 0 Å². The van der Waals surface area contributed by atoms with Gasteiger partial charge < -0.3 is 14.8 Å². The number of ether oxygens (including phenoxy) is 2. The van der Waals surface area contributed by atoms with Crippen LogP contribution in [0.15, 0.2) is 47.7 Å². The van der Waals surface area contributed by atoms with Crippen molar-refractivity contribution in [2.45, 2.75) is 32.6 Å². The number of nitro benzene ring substituents is 1. The van der Waals surface area contributed by atoms with Crippen molar-refractivity contribution in [2.24, 2.45) is 5.41 Å². The normalized spacial score (nSPS) is 21.3. The highest BCUT2D eigenvalue weighted by Gasteiger charge is 2.43. The average Bonchev–Trinajstić information content (AvgIpc) is 3.11. The van der Waals surface area contributed by atoms with Gasteiger partial charge in [0.05, 0.1) is 4.92 Å². The van der Waals surface area contributed by atoms with Crippen LogP contribution in [0.5, 0.6) is 11.5 Å². The number of Topliss-reactive ketones (excluding diaryl/α,β-unsaturated/α-hetero) is 1. The molecule has 0 aromatic heterocycles. The van der Waals surface area contributed by atoms with Crippen LogP contribution in [-0.2, 0) is 4.79 Å². The lowest BCUT2D eigenvalue weighted by atomic mass is 9.68. The number of fused-ring (bicyclic) bond motifs is 2. The van der Waals surface area contributed by atoms with Gasteiger partial charge in [-0.1, -0.05) is 32.0 Å². The van der Waals surface area contributed by atoms with Gasteiger partial charge in [0.1, 0.15) is 0 Å². The van der Waals surface area contributed by atoms with Crippen LogP contribution in [-0.4, -0.2) is 17.5 Å². The van der Waals surface area contributed by atoms with E-state index in [9.17, 15) is 14.9 Å². The Balaban J connectivity index is 1.78. The second-order valence-corrected chi connectivity index (χ2v) is 8.50. The standard InChI is InChI=1S/C22H20N2O5/c1-22(2)9-15-21(17(25)10-22)20(12-5-3-4-6-16(12)24(26)27)13-7-18-19(29-11-28-18)8-14(13)23-15/h3-8,20,23H,9-11H2,1-2H3/t20-/m1/s1. The van der Waals surface area contributed by atoms with Crippen molar-refractivity contribution in [3.8, 4) is 11.5 Å². The van der Waals surface area contributed by atoms with E-state index in [-0.39, 0.29) is 28.6 Å². The molecule has 0 saturated heterocycles. The average molecular weight is 392 g/mol. The maximum Gasteiger partial charge on any atom is 0.273 e. The summed E-state index contributed by atoms with van der Waals surface area (Å²) in [6, 6.07) is 10.3. The van der Waals surface area contributed by atoms with Crippen LogP contribution in [0.3, 0.4) is 0 Å². The summed E-state index contributed by atoms with van der Waals surface area (Å²) in [7, 11) is 0. The van der Waals surface area contributed by atoms with Crippen LogP contribution >= 0.6 is 0 Å². The maximum atomic E-state index is 13.2. The zero-order valence-electron chi connectivity index (χ0n) is 16.2. The second kappa shape index (κ2) is 6.07. The summed E-state index contributed by atoms with van der Waals surface area (Å²) in [5, 5.41) is 15.2. The van der Waals surface area contributed by atoms with Gasteiger partial charge in [0.2, 0.25) is 6.79 Å². The van der Waals surface area contributed by atoms with E-state index in [1.54, 1.807) is 18.2 Å². The molecule has 5 rings (SSSR count). The number of nitrogens with one attached hydrogen (secondary N) is 1. The van der Waals surface area contributed by atoms with Crippen LogP contribution in [0.4, 0.5) is 11.4 Å². The summed E-state index contributed by atoms with van der Waals surface area (Å²) in [5.41, 5.74) is 3.37. The summed E-state index contributed by atoms with van der Waals surface area (Å²) in [5.74, 6) is 0.709. The number of rotatable bonds is 2. The van der Waals surface area contributed by atoms with Crippen molar-refractivity contribution < 1.29 is 19.2 Å². The molecule has 2 aliphatic heterocycles. The molecule has 2 heterocycles. The fraction of sp³-hybridized carbons (Fsp3) is 0.318. The van der Waals surface area contributed by atoms with E-state index in [2.05, 4.69) is 19.2 Å². The van der Waals surface area contributed by atoms with Crippen molar-refractivity contribution in [3.05, 3.63) is 68.9 Å². The SMILES string of the molecule is CC1(C)CC(=O)C2=C(C1)Nc1cc3c(cc1[C@H]2c1ccccc1[N+](=O)[O-])OCO3. The van der Waals surface area contributed by atoms with Crippen LogP contribution in [0.1, 0.15) is 43.7 Å². The van der Waals surface area contributed by atoms with Gasteiger partial charge in [-0.05, 0) is 23.5 Å². The molecule has 29 heavy (non-hydrogen) atoms. The van der Waals surface area contributed by atoms with Gasteiger partial charge in [0.15, 0.2) is 17.3 Å². The molecular formula is C22H20N2O5. The molecule has 7 nitrogen and oxygen atoms in total. The molecule has 0 spiro atoms. The number of carbonyl (C=O) groups excluding carboxylic acids is 1.